The minimum Gasteiger partial charge on any atom is -0.339 e. The van der Waals surface area contributed by atoms with Crippen LogP contribution in [0.1, 0.15) is 29.4 Å². The van der Waals surface area contributed by atoms with E-state index in [1.807, 2.05) is 17.5 Å². The van der Waals surface area contributed by atoms with Gasteiger partial charge in [-0.25, -0.2) is 0 Å². The van der Waals surface area contributed by atoms with Gasteiger partial charge in [0.1, 0.15) is 5.78 Å². The highest BCUT2D eigenvalue weighted by molar-refractivity contribution is 7.12. The molecule has 1 aromatic heterocycles. The highest BCUT2D eigenvalue weighted by Gasteiger charge is 2.25. The zero-order chi connectivity index (χ0) is 14.5. The lowest BCUT2D eigenvalue weighted by Gasteiger charge is -2.34. The number of nitrogens with zero attached hydrogens (tertiary/aromatic N) is 2. The molecule has 5 nitrogen and oxygen atoms in total. The first-order valence-corrected chi connectivity index (χ1v) is 7.56. The topological polar surface area (TPSA) is 57.7 Å². The molecule has 2 heterocycles. The van der Waals surface area contributed by atoms with Gasteiger partial charge in [0.2, 0.25) is 5.91 Å². The molecule has 1 saturated heterocycles. The molecule has 1 fully saturated rings. The highest BCUT2D eigenvalue weighted by atomic mass is 32.1. The minimum atomic E-state index is 0.00317. The summed E-state index contributed by atoms with van der Waals surface area (Å²) in [6, 6.07) is 3.68. The van der Waals surface area contributed by atoms with Crippen molar-refractivity contribution in [2.24, 2.45) is 0 Å². The van der Waals surface area contributed by atoms with Crippen molar-refractivity contribution in [2.75, 3.05) is 26.2 Å². The van der Waals surface area contributed by atoms with Crippen molar-refractivity contribution in [3.8, 4) is 0 Å². The monoisotopic (exact) mass is 294 g/mol. The second-order valence-electron chi connectivity index (χ2n) is 4.85. The van der Waals surface area contributed by atoms with Crippen LogP contribution in [0.25, 0.3) is 0 Å². The maximum absolute atomic E-state index is 12.1. The molecule has 6 heteroatoms. The molecule has 0 N–H and O–H groups in total. The molecule has 0 bridgehead atoms. The fourth-order valence-electron chi connectivity index (χ4n) is 2.16. The second kappa shape index (κ2) is 6.65. The maximum Gasteiger partial charge on any atom is 0.264 e. The van der Waals surface area contributed by atoms with Gasteiger partial charge < -0.3 is 14.6 Å². The Morgan fingerprint density at radius 3 is 2.30 bits per heavy atom. The van der Waals surface area contributed by atoms with E-state index in [2.05, 4.69) is 0 Å². The molecule has 0 spiro atoms. The molecule has 0 aromatic carbocycles. The normalized spacial score (nSPS) is 15.2. The van der Waals surface area contributed by atoms with Gasteiger partial charge in [0, 0.05) is 39.0 Å². The van der Waals surface area contributed by atoms with Crippen LogP contribution in [0.5, 0.6) is 0 Å². The van der Waals surface area contributed by atoms with Crippen molar-refractivity contribution in [1.29, 1.82) is 0 Å². The van der Waals surface area contributed by atoms with Gasteiger partial charge in [-0.15, -0.1) is 11.3 Å². The van der Waals surface area contributed by atoms with E-state index in [0.29, 0.717) is 32.6 Å². The second-order valence-corrected chi connectivity index (χ2v) is 5.80. The Morgan fingerprint density at radius 2 is 1.75 bits per heavy atom. The summed E-state index contributed by atoms with van der Waals surface area (Å²) in [5.74, 6) is 0.0733. The summed E-state index contributed by atoms with van der Waals surface area (Å²) < 4.78 is 0. The van der Waals surface area contributed by atoms with Gasteiger partial charge in [-0.05, 0) is 18.4 Å². The Kier molecular flexibility index (Phi) is 4.89. The fraction of sp³-hybridized carbons (Fsp3) is 0.500. The van der Waals surface area contributed by atoms with E-state index in [0.717, 1.165) is 4.88 Å². The third-order valence-corrected chi connectivity index (χ3v) is 4.20. The Bertz CT molecular complexity index is 491. The van der Waals surface area contributed by atoms with E-state index >= 15 is 0 Å². The quantitative estimate of drug-likeness (QED) is 0.843. The smallest absolute Gasteiger partial charge is 0.264 e. The van der Waals surface area contributed by atoms with E-state index in [4.69, 9.17) is 0 Å². The molecule has 1 aliphatic rings. The zero-order valence-corrected chi connectivity index (χ0v) is 12.3. The number of carbonyl (C=O) groups is 3. The number of thiophene rings is 1. The molecule has 1 aliphatic heterocycles. The molecule has 0 atom stereocenters. The molecule has 20 heavy (non-hydrogen) atoms. The standard InChI is InChI=1S/C14H18N2O3S/c1-11(17)4-5-13(18)15-6-8-16(9-7-15)14(19)12-3-2-10-20-12/h2-3,10H,4-9H2,1H3. The van der Waals surface area contributed by atoms with E-state index in [1.165, 1.54) is 18.3 Å². The molecule has 1 aromatic rings. The number of ketones is 1. The van der Waals surface area contributed by atoms with Crippen LogP contribution < -0.4 is 0 Å². The molecule has 0 saturated carbocycles. The summed E-state index contributed by atoms with van der Waals surface area (Å²) in [6.45, 7) is 3.71. The predicted octanol–water partition coefficient (Wildman–Crippen LogP) is 1.40. The number of piperazine rings is 1. The van der Waals surface area contributed by atoms with Crippen molar-refractivity contribution in [1.82, 2.24) is 9.80 Å². The predicted molar refractivity (Wildman–Crippen MR) is 76.7 cm³/mol. The van der Waals surface area contributed by atoms with Crippen molar-refractivity contribution in [3.05, 3.63) is 22.4 Å². The lowest BCUT2D eigenvalue weighted by Crippen LogP contribution is -2.50. The SMILES string of the molecule is CC(=O)CCC(=O)N1CCN(C(=O)c2cccs2)CC1. The van der Waals surface area contributed by atoms with Crippen LogP contribution in [0, 0.1) is 0 Å². The Morgan fingerprint density at radius 1 is 1.10 bits per heavy atom. The summed E-state index contributed by atoms with van der Waals surface area (Å²) in [4.78, 5) is 39.2. The molecule has 108 valence electrons. The van der Waals surface area contributed by atoms with Gasteiger partial charge in [-0.1, -0.05) is 6.07 Å². The number of carbonyl (C=O) groups excluding carboxylic acids is 3. The van der Waals surface area contributed by atoms with Crippen LogP contribution in [0.15, 0.2) is 17.5 Å². The largest absolute Gasteiger partial charge is 0.339 e. The first kappa shape index (κ1) is 14.7. The fourth-order valence-corrected chi connectivity index (χ4v) is 2.85. The van der Waals surface area contributed by atoms with Gasteiger partial charge in [0.05, 0.1) is 4.88 Å². The number of Topliss-reactive ketones (excluding diaryl/α,β-unsaturated/α-hetero) is 1. The molecule has 2 rings (SSSR count). The van der Waals surface area contributed by atoms with Crippen LogP contribution in [-0.4, -0.2) is 53.6 Å². The average Bonchev–Trinajstić information content (AvgIpc) is 2.98. The Hall–Kier alpha value is -1.69. The summed E-state index contributed by atoms with van der Waals surface area (Å²) in [5.41, 5.74) is 0. The van der Waals surface area contributed by atoms with Crippen molar-refractivity contribution < 1.29 is 14.4 Å². The van der Waals surface area contributed by atoms with Crippen LogP contribution in [0.3, 0.4) is 0 Å². The molecule has 0 radical (unpaired) electrons. The number of amides is 2. The number of hydrogen-bond acceptors (Lipinski definition) is 4. The third-order valence-electron chi connectivity index (χ3n) is 3.34. The van der Waals surface area contributed by atoms with Crippen LogP contribution in [0.2, 0.25) is 0 Å². The van der Waals surface area contributed by atoms with Gasteiger partial charge in [-0.2, -0.15) is 0 Å². The third kappa shape index (κ3) is 3.66. The molecule has 2 amide bonds. The zero-order valence-electron chi connectivity index (χ0n) is 11.5. The van der Waals surface area contributed by atoms with Crippen molar-refractivity contribution in [3.63, 3.8) is 0 Å². The first-order chi connectivity index (χ1) is 9.58. The summed E-state index contributed by atoms with van der Waals surface area (Å²) >= 11 is 1.43. The maximum atomic E-state index is 12.1. The minimum absolute atomic E-state index is 0.00317. The van der Waals surface area contributed by atoms with Gasteiger partial charge in [-0.3, -0.25) is 9.59 Å². The van der Waals surface area contributed by atoms with Gasteiger partial charge >= 0.3 is 0 Å². The van der Waals surface area contributed by atoms with Crippen molar-refractivity contribution >= 4 is 28.9 Å². The lowest BCUT2D eigenvalue weighted by molar-refractivity contribution is -0.134. The van der Waals surface area contributed by atoms with Crippen LogP contribution >= 0.6 is 11.3 Å². The molecule has 0 unspecified atom stereocenters. The van der Waals surface area contributed by atoms with Crippen LogP contribution in [0.4, 0.5) is 0 Å². The van der Waals surface area contributed by atoms with E-state index < -0.39 is 0 Å². The first-order valence-electron chi connectivity index (χ1n) is 6.68. The molecular weight excluding hydrogens is 276 g/mol. The summed E-state index contributed by atoms with van der Waals surface area (Å²) in [6.07, 6.45) is 0.571. The van der Waals surface area contributed by atoms with Crippen molar-refractivity contribution in [2.45, 2.75) is 19.8 Å². The van der Waals surface area contributed by atoms with Gasteiger partial charge in [0.25, 0.3) is 5.91 Å². The highest BCUT2D eigenvalue weighted by Crippen LogP contribution is 2.14. The summed E-state index contributed by atoms with van der Waals surface area (Å²) in [7, 11) is 0. The summed E-state index contributed by atoms with van der Waals surface area (Å²) in [5, 5.41) is 1.88. The van der Waals surface area contributed by atoms with Crippen LogP contribution in [-0.2, 0) is 9.59 Å². The Balaban J connectivity index is 1.82. The van der Waals surface area contributed by atoms with E-state index in [9.17, 15) is 14.4 Å². The number of hydrogen-bond donors (Lipinski definition) is 0. The van der Waals surface area contributed by atoms with E-state index in [1.54, 1.807) is 9.80 Å². The Labute approximate surface area is 122 Å². The number of rotatable bonds is 4. The molecule has 0 aliphatic carbocycles. The lowest BCUT2D eigenvalue weighted by atomic mass is 10.2. The van der Waals surface area contributed by atoms with Gasteiger partial charge in [0.15, 0.2) is 0 Å². The average molecular weight is 294 g/mol. The molecular formula is C14H18N2O3S. The van der Waals surface area contributed by atoms with E-state index in [-0.39, 0.29) is 24.0 Å².